The molecule has 0 aliphatic carbocycles. The van der Waals surface area contributed by atoms with Crippen molar-refractivity contribution in [2.45, 2.75) is 45.3 Å². The summed E-state index contributed by atoms with van der Waals surface area (Å²) in [6.07, 6.45) is 6.89. The van der Waals surface area contributed by atoms with Crippen LogP contribution in [0.15, 0.2) is 36.9 Å². The van der Waals surface area contributed by atoms with E-state index in [9.17, 15) is 4.79 Å². The minimum absolute atomic E-state index is 0.238. The summed E-state index contributed by atoms with van der Waals surface area (Å²) < 4.78 is 7.53. The second-order valence-corrected chi connectivity index (χ2v) is 8.90. The first-order valence-corrected chi connectivity index (χ1v) is 10.3. The fourth-order valence-electron chi connectivity index (χ4n) is 3.62. The third-order valence-corrected chi connectivity index (χ3v) is 5.64. The van der Waals surface area contributed by atoms with Crippen molar-refractivity contribution < 1.29 is 9.53 Å². The molecule has 4 rings (SSSR count). The third-order valence-electron chi connectivity index (χ3n) is 4.85. The molecule has 0 spiro atoms. The second-order valence-electron chi connectivity index (χ2n) is 8.11. The molecule has 3 aromatic rings. The summed E-state index contributed by atoms with van der Waals surface area (Å²) >= 11 is 12.7. The maximum absolute atomic E-state index is 12.8. The van der Waals surface area contributed by atoms with Gasteiger partial charge in [-0.3, -0.25) is 0 Å². The largest absolute Gasteiger partial charge is 0.458 e. The maximum atomic E-state index is 12.8. The highest BCUT2D eigenvalue weighted by molar-refractivity contribution is 6.45. The van der Waals surface area contributed by atoms with Crippen LogP contribution in [-0.2, 0) is 9.53 Å². The molecular weight excluding hydrogens is 411 g/mol. The van der Waals surface area contributed by atoms with Crippen molar-refractivity contribution in [3.05, 3.63) is 47.0 Å². The fourth-order valence-corrected chi connectivity index (χ4v) is 3.98. The smallest absolute Gasteiger partial charge is 0.329 e. The number of esters is 1. The van der Waals surface area contributed by atoms with Gasteiger partial charge < -0.3 is 14.2 Å². The SMILES string of the molecule is CC(C)(C)OC(=O)[C@@H]1CCCN1c1cc(-n2ccnc2)c2ccc(Cl)c(Cl)c2n1. The standard InChI is InChI=1S/C21H22Cl2N4O2/c1-21(2,3)29-20(28)15-5-4-9-27(15)17-11-16(26-10-8-24-12-26)13-6-7-14(22)18(23)19(13)25-17/h6-8,10-12,15H,4-5,9H2,1-3H3/t15-/m0/s1. The van der Waals surface area contributed by atoms with Crippen LogP contribution in [0.1, 0.15) is 33.6 Å². The predicted molar refractivity (Wildman–Crippen MR) is 115 cm³/mol. The molecule has 1 aliphatic rings. The average Bonchev–Trinajstić information content (AvgIpc) is 3.34. The van der Waals surface area contributed by atoms with E-state index in [0.29, 0.717) is 27.9 Å². The van der Waals surface area contributed by atoms with Gasteiger partial charge in [0, 0.05) is 30.4 Å². The normalized spacial score (nSPS) is 17.1. The number of aromatic nitrogens is 3. The molecule has 0 amide bonds. The Labute approximate surface area is 179 Å². The van der Waals surface area contributed by atoms with Crippen LogP contribution in [0.5, 0.6) is 0 Å². The zero-order valence-electron chi connectivity index (χ0n) is 16.5. The molecule has 29 heavy (non-hydrogen) atoms. The lowest BCUT2D eigenvalue weighted by atomic mass is 10.1. The van der Waals surface area contributed by atoms with Gasteiger partial charge in [-0.25, -0.2) is 14.8 Å². The quantitative estimate of drug-likeness (QED) is 0.542. The van der Waals surface area contributed by atoms with Gasteiger partial charge in [0.15, 0.2) is 0 Å². The molecule has 0 saturated carbocycles. The summed E-state index contributed by atoms with van der Waals surface area (Å²) in [7, 11) is 0. The zero-order valence-corrected chi connectivity index (χ0v) is 18.0. The Morgan fingerprint density at radius 3 is 2.76 bits per heavy atom. The van der Waals surface area contributed by atoms with E-state index in [1.807, 2.05) is 48.6 Å². The van der Waals surface area contributed by atoms with Crippen molar-refractivity contribution >= 4 is 45.9 Å². The molecule has 1 fully saturated rings. The van der Waals surface area contributed by atoms with Gasteiger partial charge in [-0.05, 0) is 45.7 Å². The topological polar surface area (TPSA) is 60.2 Å². The van der Waals surface area contributed by atoms with Gasteiger partial charge in [-0.2, -0.15) is 0 Å². The summed E-state index contributed by atoms with van der Waals surface area (Å²) in [5, 5.41) is 1.68. The lowest BCUT2D eigenvalue weighted by Crippen LogP contribution is -2.41. The van der Waals surface area contributed by atoms with Crippen LogP contribution in [0, 0.1) is 0 Å². The van der Waals surface area contributed by atoms with E-state index in [1.165, 1.54) is 0 Å². The van der Waals surface area contributed by atoms with Crippen LogP contribution in [0.2, 0.25) is 10.0 Å². The predicted octanol–water partition coefficient (Wildman–Crippen LogP) is 5.04. The number of hydrogen-bond acceptors (Lipinski definition) is 5. The van der Waals surface area contributed by atoms with Crippen molar-refractivity contribution in [3.63, 3.8) is 0 Å². The van der Waals surface area contributed by atoms with Crippen molar-refractivity contribution in [1.82, 2.24) is 14.5 Å². The zero-order chi connectivity index (χ0) is 20.8. The first-order chi connectivity index (χ1) is 13.7. The molecule has 0 bridgehead atoms. The average molecular weight is 433 g/mol. The van der Waals surface area contributed by atoms with Crippen LogP contribution in [0.4, 0.5) is 5.82 Å². The molecule has 0 unspecified atom stereocenters. The van der Waals surface area contributed by atoms with Gasteiger partial charge in [0.1, 0.15) is 17.5 Å². The summed E-state index contributed by atoms with van der Waals surface area (Å²) in [5.74, 6) is 0.428. The van der Waals surface area contributed by atoms with E-state index < -0.39 is 5.60 Å². The highest BCUT2D eigenvalue weighted by atomic mass is 35.5. The van der Waals surface area contributed by atoms with Crippen LogP contribution >= 0.6 is 23.2 Å². The first kappa shape index (κ1) is 20.0. The minimum Gasteiger partial charge on any atom is -0.458 e. The number of hydrogen-bond donors (Lipinski definition) is 0. The van der Waals surface area contributed by atoms with E-state index in [2.05, 4.69) is 4.98 Å². The minimum atomic E-state index is -0.541. The van der Waals surface area contributed by atoms with Gasteiger partial charge in [-0.15, -0.1) is 0 Å². The van der Waals surface area contributed by atoms with E-state index in [-0.39, 0.29) is 12.0 Å². The molecule has 152 valence electrons. The number of fused-ring (bicyclic) bond motifs is 1. The molecule has 1 aliphatic heterocycles. The van der Waals surface area contributed by atoms with Gasteiger partial charge >= 0.3 is 5.97 Å². The van der Waals surface area contributed by atoms with Crippen molar-refractivity contribution in [2.24, 2.45) is 0 Å². The number of nitrogens with zero attached hydrogens (tertiary/aromatic N) is 4. The van der Waals surface area contributed by atoms with Crippen LogP contribution in [0.25, 0.3) is 16.6 Å². The van der Waals surface area contributed by atoms with E-state index in [4.69, 9.17) is 32.9 Å². The number of benzene rings is 1. The van der Waals surface area contributed by atoms with Gasteiger partial charge in [0.25, 0.3) is 0 Å². The number of pyridine rings is 1. The highest BCUT2D eigenvalue weighted by Gasteiger charge is 2.35. The number of rotatable bonds is 3. The summed E-state index contributed by atoms with van der Waals surface area (Å²) in [5.41, 5.74) is 0.923. The second kappa shape index (κ2) is 7.50. The number of ether oxygens (including phenoxy) is 1. The van der Waals surface area contributed by atoms with Crippen LogP contribution in [-0.4, -0.2) is 38.7 Å². The molecule has 1 saturated heterocycles. The van der Waals surface area contributed by atoms with Crippen LogP contribution in [0.3, 0.4) is 0 Å². The van der Waals surface area contributed by atoms with E-state index in [0.717, 1.165) is 23.9 Å². The number of carbonyl (C=O) groups is 1. The molecule has 1 atom stereocenters. The molecule has 8 heteroatoms. The van der Waals surface area contributed by atoms with E-state index in [1.54, 1.807) is 18.6 Å². The van der Waals surface area contributed by atoms with Crippen LogP contribution < -0.4 is 4.90 Å². The Balaban J connectivity index is 1.83. The molecule has 3 heterocycles. The summed E-state index contributed by atoms with van der Waals surface area (Å²) in [4.78, 5) is 23.7. The summed E-state index contributed by atoms with van der Waals surface area (Å²) in [6.45, 7) is 6.33. The molecule has 0 radical (unpaired) electrons. The Bertz CT molecular complexity index is 1060. The third kappa shape index (κ3) is 3.91. The van der Waals surface area contributed by atoms with Crippen molar-refractivity contribution in [2.75, 3.05) is 11.4 Å². The lowest BCUT2D eigenvalue weighted by Gasteiger charge is -2.28. The van der Waals surface area contributed by atoms with Gasteiger partial charge in [-0.1, -0.05) is 23.2 Å². The van der Waals surface area contributed by atoms with Gasteiger partial charge in [0.2, 0.25) is 0 Å². The number of halogens is 2. The Hall–Kier alpha value is -2.31. The Morgan fingerprint density at radius 2 is 2.07 bits per heavy atom. The number of carbonyl (C=O) groups excluding carboxylic acids is 1. The number of anilines is 1. The monoisotopic (exact) mass is 432 g/mol. The maximum Gasteiger partial charge on any atom is 0.329 e. The molecular formula is C21H22Cl2N4O2. The van der Waals surface area contributed by atoms with Crippen molar-refractivity contribution in [1.29, 1.82) is 0 Å². The van der Waals surface area contributed by atoms with Crippen molar-refractivity contribution in [3.8, 4) is 5.69 Å². The molecule has 6 nitrogen and oxygen atoms in total. The van der Waals surface area contributed by atoms with E-state index >= 15 is 0 Å². The van der Waals surface area contributed by atoms with Gasteiger partial charge in [0.05, 0.1) is 27.6 Å². The summed E-state index contributed by atoms with van der Waals surface area (Å²) in [6, 6.07) is 5.22. The molecule has 2 aromatic heterocycles. The lowest BCUT2D eigenvalue weighted by molar-refractivity contribution is -0.156. The molecule has 1 aromatic carbocycles. The molecule has 0 N–H and O–H groups in total. The Kier molecular flexibility index (Phi) is 5.17. The number of imidazole rings is 1. The Morgan fingerprint density at radius 1 is 1.28 bits per heavy atom. The first-order valence-electron chi connectivity index (χ1n) is 9.51. The fraction of sp³-hybridized carbons (Fsp3) is 0.381. The highest BCUT2D eigenvalue weighted by Crippen LogP contribution is 2.36.